The van der Waals surface area contributed by atoms with Gasteiger partial charge in [0.25, 0.3) is 0 Å². The van der Waals surface area contributed by atoms with Crippen LogP contribution in [0.3, 0.4) is 0 Å². The highest BCUT2D eigenvalue weighted by molar-refractivity contribution is 5.87. The second-order valence-electron chi connectivity index (χ2n) is 5.22. The maximum Gasteiger partial charge on any atom is 0.407 e. The molecule has 0 fully saturated rings. The van der Waals surface area contributed by atoms with Gasteiger partial charge in [0.15, 0.2) is 0 Å². The standard InChI is InChI=1S/C17H25NO8/c1-12(2)15(20)24-8-5-6-14(19)23-10-11-26-17(22)18-7-9-25-16(21)13(3)4/h1,3,5-11H2,2,4H3,(H,18,22). The molecule has 0 bridgehead atoms. The van der Waals surface area contributed by atoms with Gasteiger partial charge in [0.05, 0.1) is 13.2 Å². The number of nitrogens with one attached hydrogen (secondary N) is 1. The highest BCUT2D eigenvalue weighted by atomic mass is 16.6. The first kappa shape index (κ1) is 23.2. The number of alkyl carbamates (subject to hydrolysis) is 1. The minimum atomic E-state index is -0.723. The van der Waals surface area contributed by atoms with Crippen LogP contribution in [0.4, 0.5) is 4.79 Å². The van der Waals surface area contributed by atoms with Crippen LogP contribution in [0.25, 0.3) is 0 Å². The third-order valence-electron chi connectivity index (χ3n) is 2.64. The average molecular weight is 371 g/mol. The summed E-state index contributed by atoms with van der Waals surface area (Å²) in [5.41, 5.74) is 0.556. The van der Waals surface area contributed by atoms with E-state index in [1.165, 1.54) is 13.8 Å². The van der Waals surface area contributed by atoms with Gasteiger partial charge in [-0.15, -0.1) is 0 Å². The molecule has 0 heterocycles. The van der Waals surface area contributed by atoms with Crippen molar-refractivity contribution in [1.29, 1.82) is 0 Å². The second kappa shape index (κ2) is 13.5. The molecule has 146 valence electrons. The SMILES string of the molecule is C=C(C)C(=O)OCCCC(=O)OCCOC(=O)NCCOC(=O)C(=C)C. The summed E-state index contributed by atoms with van der Waals surface area (Å²) in [7, 11) is 0. The van der Waals surface area contributed by atoms with Gasteiger partial charge in [-0.05, 0) is 20.3 Å². The summed E-state index contributed by atoms with van der Waals surface area (Å²) in [5.74, 6) is -1.54. The third-order valence-corrected chi connectivity index (χ3v) is 2.64. The Balaban J connectivity index is 3.57. The maximum absolute atomic E-state index is 11.4. The summed E-state index contributed by atoms with van der Waals surface area (Å²) in [6, 6.07) is 0. The van der Waals surface area contributed by atoms with Crippen molar-refractivity contribution in [3.05, 3.63) is 24.3 Å². The molecule has 0 rings (SSSR count). The molecule has 0 aliphatic rings. The van der Waals surface area contributed by atoms with Crippen LogP contribution in [-0.4, -0.2) is 57.0 Å². The maximum atomic E-state index is 11.4. The molecular weight excluding hydrogens is 346 g/mol. The van der Waals surface area contributed by atoms with Gasteiger partial charge < -0.3 is 24.3 Å². The van der Waals surface area contributed by atoms with Crippen LogP contribution >= 0.6 is 0 Å². The van der Waals surface area contributed by atoms with E-state index >= 15 is 0 Å². The second-order valence-corrected chi connectivity index (χ2v) is 5.22. The number of carbonyl (C=O) groups is 4. The Hall–Kier alpha value is -2.84. The van der Waals surface area contributed by atoms with E-state index in [2.05, 4.69) is 18.5 Å². The van der Waals surface area contributed by atoms with Crippen molar-refractivity contribution in [3.8, 4) is 0 Å². The molecule has 9 heteroatoms. The van der Waals surface area contributed by atoms with E-state index in [1.807, 2.05) is 0 Å². The molecule has 0 unspecified atom stereocenters. The third kappa shape index (κ3) is 12.6. The predicted octanol–water partition coefficient (Wildman–Crippen LogP) is 1.27. The van der Waals surface area contributed by atoms with E-state index < -0.39 is 24.0 Å². The lowest BCUT2D eigenvalue weighted by atomic mass is 10.3. The predicted molar refractivity (Wildman–Crippen MR) is 91.1 cm³/mol. The van der Waals surface area contributed by atoms with E-state index in [0.29, 0.717) is 6.42 Å². The summed E-state index contributed by atoms with van der Waals surface area (Å²) in [6.07, 6.45) is -0.328. The lowest BCUT2D eigenvalue weighted by Crippen LogP contribution is -2.29. The van der Waals surface area contributed by atoms with E-state index in [0.717, 1.165) is 0 Å². The summed E-state index contributed by atoms with van der Waals surface area (Å²) >= 11 is 0. The Morgan fingerprint density at radius 3 is 1.88 bits per heavy atom. The van der Waals surface area contributed by atoms with Gasteiger partial charge >= 0.3 is 24.0 Å². The van der Waals surface area contributed by atoms with Crippen molar-refractivity contribution in [2.45, 2.75) is 26.7 Å². The van der Waals surface area contributed by atoms with Crippen molar-refractivity contribution in [1.82, 2.24) is 5.32 Å². The van der Waals surface area contributed by atoms with Gasteiger partial charge in [0.2, 0.25) is 0 Å². The average Bonchev–Trinajstić information content (AvgIpc) is 2.58. The Morgan fingerprint density at radius 2 is 1.31 bits per heavy atom. The van der Waals surface area contributed by atoms with Crippen LogP contribution in [0.1, 0.15) is 26.7 Å². The summed E-state index contributed by atoms with van der Waals surface area (Å²) < 4.78 is 19.2. The van der Waals surface area contributed by atoms with Crippen LogP contribution in [0, 0.1) is 0 Å². The molecule has 0 aromatic carbocycles. The molecule has 0 atom stereocenters. The Kier molecular flexibility index (Phi) is 12.0. The van der Waals surface area contributed by atoms with E-state index in [4.69, 9.17) is 18.9 Å². The van der Waals surface area contributed by atoms with Crippen molar-refractivity contribution in [2.75, 3.05) is 33.0 Å². The molecule has 9 nitrogen and oxygen atoms in total. The zero-order valence-corrected chi connectivity index (χ0v) is 15.1. The minimum absolute atomic E-state index is 0.00820. The first-order valence-corrected chi connectivity index (χ1v) is 7.95. The van der Waals surface area contributed by atoms with Gasteiger partial charge in [-0.1, -0.05) is 13.2 Å². The normalized spacial score (nSPS) is 9.62. The molecular formula is C17H25NO8. The number of esters is 3. The largest absolute Gasteiger partial charge is 0.462 e. The molecule has 0 saturated carbocycles. The Bertz CT molecular complexity index is 493. The van der Waals surface area contributed by atoms with E-state index in [1.54, 1.807) is 0 Å². The highest BCUT2D eigenvalue weighted by Gasteiger charge is 2.07. The van der Waals surface area contributed by atoms with Gasteiger partial charge in [-0.25, -0.2) is 14.4 Å². The van der Waals surface area contributed by atoms with Crippen LogP contribution in [0.15, 0.2) is 24.3 Å². The topological polar surface area (TPSA) is 117 Å². The first-order chi connectivity index (χ1) is 12.2. The fourth-order valence-corrected chi connectivity index (χ4v) is 1.34. The van der Waals surface area contributed by atoms with Crippen LogP contribution in [0.5, 0.6) is 0 Å². The summed E-state index contributed by atoms with van der Waals surface area (Å²) in [6.45, 7) is 9.85. The number of carbonyl (C=O) groups excluding carboxylic acids is 4. The molecule has 0 aliphatic carbocycles. The van der Waals surface area contributed by atoms with Gasteiger partial charge in [0.1, 0.15) is 19.8 Å². The molecule has 1 amide bonds. The van der Waals surface area contributed by atoms with E-state index in [9.17, 15) is 19.2 Å². The van der Waals surface area contributed by atoms with Gasteiger partial charge in [-0.2, -0.15) is 0 Å². The fraction of sp³-hybridized carbons (Fsp3) is 0.529. The molecule has 1 N–H and O–H groups in total. The van der Waals surface area contributed by atoms with Gasteiger partial charge in [-0.3, -0.25) is 4.79 Å². The van der Waals surface area contributed by atoms with Crippen molar-refractivity contribution in [2.24, 2.45) is 0 Å². The quantitative estimate of drug-likeness (QED) is 0.236. The van der Waals surface area contributed by atoms with Gasteiger partial charge in [0, 0.05) is 17.6 Å². The summed E-state index contributed by atoms with van der Waals surface area (Å²) in [4.78, 5) is 44.9. The van der Waals surface area contributed by atoms with Crippen molar-refractivity contribution in [3.63, 3.8) is 0 Å². The molecule has 0 radical (unpaired) electrons. The number of rotatable bonds is 12. The number of hydrogen-bond donors (Lipinski definition) is 1. The van der Waals surface area contributed by atoms with Crippen LogP contribution in [-0.2, 0) is 33.3 Å². The Labute approximate surface area is 152 Å². The smallest absolute Gasteiger partial charge is 0.407 e. The zero-order chi connectivity index (χ0) is 19.9. The molecule has 0 aromatic rings. The molecule has 0 aromatic heterocycles. The number of amides is 1. The molecule has 26 heavy (non-hydrogen) atoms. The first-order valence-electron chi connectivity index (χ1n) is 7.95. The number of hydrogen-bond acceptors (Lipinski definition) is 8. The molecule has 0 aliphatic heterocycles. The van der Waals surface area contributed by atoms with Crippen molar-refractivity contribution >= 4 is 24.0 Å². The van der Waals surface area contributed by atoms with Crippen molar-refractivity contribution < 1.29 is 38.1 Å². The lowest BCUT2D eigenvalue weighted by molar-refractivity contribution is -0.146. The van der Waals surface area contributed by atoms with E-state index in [-0.39, 0.29) is 50.5 Å². The number of ether oxygens (including phenoxy) is 4. The monoisotopic (exact) mass is 371 g/mol. The zero-order valence-electron chi connectivity index (χ0n) is 15.1. The minimum Gasteiger partial charge on any atom is -0.462 e. The highest BCUT2D eigenvalue weighted by Crippen LogP contribution is 1.98. The summed E-state index contributed by atoms with van der Waals surface area (Å²) in [5, 5.41) is 2.36. The Morgan fingerprint density at radius 1 is 0.769 bits per heavy atom. The fourth-order valence-electron chi connectivity index (χ4n) is 1.34. The lowest BCUT2D eigenvalue weighted by Gasteiger charge is -2.08. The molecule has 0 spiro atoms. The van der Waals surface area contributed by atoms with Crippen LogP contribution < -0.4 is 5.32 Å². The molecule has 0 saturated heterocycles. The van der Waals surface area contributed by atoms with Crippen LogP contribution in [0.2, 0.25) is 0 Å².